The van der Waals surface area contributed by atoms with E-state index in [1.165, 1.54) is 30.3 Å². The highest BCUT2D eigenvalue weighted by atomic mass is 19.3. The molecule has 1 heterocycles. The third-order valence-corrected chi connectivity index (χ3v) is 3.38. The smallest absolute Gasteiger partial charge is 0.387 e. The van der Waals surface area contributed by atoms with E-state index in [9.17, 15) is 18.4 Å². The maximum atomic E-state index is 12.5. The minimum absolute atomic E-state index is 0.0553. The van der Waals surface area contributed by atoms with E-state index in [1.807, 2.05) is 0 Å². The molecule has 1 aromatic heterocycles. The number of halogens is 2. The number of alkyl halides is 2. The number of nitrogens with one attached hydrogen (secondary N) is 1. The van der Waals surface area contributed by atoms with Gasteiger partial charge in [-0.25, -0.2) is 0 Å². The van der Waals surface area contributed by atoms with Gasteiger partial charge in [0.25, 0.3) is 11.5 Å². The van der Waals surface area contributed by atoms with E-state index >= 15 is 0 Å². The Morgan fingerprint density at radius 1 is 1.00 bits per heavy atom. The van der Waals surface area contributed by atoms with Crippen LogP contribution in [-0.2, 0) is 0 Å². The fraction of sp³-hybridized carbons (Fsp3) is 0.0556. The third kappa shape index (κ3) is 3.92. The summed E-state index contributed by atoms with van der Waals surface area (Å²) >= 11 is 0. The molecule has 3 rings (SSSR count). The van der Waals surface area contributed by atoms with E-state index in [0.29, 0.717) is 5.69 Å². The fourth-order valence-corrected chi connectivity index (χ4v) is 2.24. The van der Waals surface area contributed by atoms with Gasteiger partial charge in [0.1, 0.15) is 11.4 Å². The molecule has 1 N–H and O–H groups in total. The van der Waals surface area contributed by atoms with E-state index in [0.717, 1.165) is 4.68 Å². The molecule has 0 atom stereocenters. The SMILES string of the molecule is O=C(Nc1ccccc1OC(F)F)c1ccc(=O)n(-c2ccccc2)n1. The Morgan fingerprint density at radius 3 is 2.42 bits per heavy atom. The lowest BCUT2D eigenvalue weighted by atomic mass is 10.2. The Kier molecular flexibility index (Phi) is 5.02. The minimum Gasteiger partial charge on any atom is -0.433 e. The number of anilines is 1. The van der Waals surface area contributed by atoms with Crippen molar-refractivity contribution in [2.45, 2.75) is 6.61 Å². The number of ether oxygens (including phenoxy) is 1. The second-order valence-electron chi connectivity index (χ2n) is 5.13. The molecule has 0 aliphatic rings. The topological polar surface area (TPSA) is 73.2 Å². The first-order valence-electron chi connectivity index (χ1n) is 7.55. The monoisotopic (exact) mass is 357 g/mol. The lowest BCUT2D eigenvalue weighted by Crippen LogP contribution is -2.25. The molecule has 0 fully saturated rings. The summed E-state index contributed by atoms with van der Waals surface area (Å²) in [6.07, 6.45) is 0. The van der Waals surface area contributed by atoms with Gasteiger partial charge in [0.15, 0.2) is 0 Å². The molecule has 26 heavy (non-hydrogen) atoms. The summed E-state index contributed by atoms with van der Waals surface area (Å²) in [5.41, 5.74) is 0.0973. The lowest BCUT2D eigenvalue weighted by Gasteiger charge is -2.12. The minimum atomic E-state index is -3.02. The van der Waals surface area contributed by atoms with Crippen molar-refractivity contribution < 1.29 is 18.3 Å². The lowest BCUT2D eigenvalue weighted by molar-refractivity contribution is -0.0493. The van der Waals surface area contributed by atoms with Crippen molar-refractivity contribution in [1.29, 1.82) is 0 Å². The van der Waals surface area contributed by atoms with Crippen LogP contribution < -0.4 is 15.6 Å². The average molecular weight is 357 g/mol. The molecule has 6 nitrogen and oxygen atoms in total. The van der Waals surface area contributed by atoms with Crippen molar-refractivity contribution in [3.05, 3.63) is 82.8 Å². The molecule has 2 aromatic carbocycles. The van der Waals surface area contributed by atoms with Gasteiger partial charge < -0.3 is 10.1 Å². The van der Waals surface area contributed by atoms with E-state index in [2.05, 4.69) is 15.2 Å². The Labute approximate surface area is 146 Å². The molecule has 0 unspecified atom stereocenters. The van der Waals surface area contributed by atoms with Crippen LogP contribution >= 0.6 is 0 Å². The first kappa shape index (κ1) is 17.3. The average Bonchev–Trinajstić information content (AvgIpc) is 2.64. The predicted octanol–water partition coefficient (Wildman–Crippen LogP) is 3.09. The van der Waals surface area contributed by atoms with Crippen molar-refractivity contribution >= 4 is 11.6 Å². The molecule has 0 aliphatic carbocycles. The van der Waals surface area contributed by atoms with Crippen molar-refractivity contribution in [1.82, 2.24) is 9.78 Å². The van der Waals surface area contributed by atoms with Crippen molar-refractivity contribution in [3.8, 4) is 11.4 Å². The third-order valence-electron chi connectivity index (χ3n) is 3.38. The maximum absolute atomic E-state index is 12.5. The van der Waals surface area contributed by atoms with E-state index in [1.54, 1.807) is 36.4 Å². The van der Waals surface area contributed by atoms with Gasteiger partial charge >= 0.3 is 6.61 Å². The standard InChI is InChI=1S/C18H13F2N3O3/c19-18(20)26-15-9-5-4-8-13(15)21-17(25)14-10-11-16(24)23(22-14)12-6-2-1-3-7-12/h1-11,18H,(H,21,25). The largest absolute Gasteiger partial charge is 0.433 e. The number of hydrogen-bond donors (Lipinski definition) is 1. The van der Waals surface area contributed by atoms with E-state index in [-0.39, 0.29) is 17.1 Å². The number of hydrogen-bond acceptors (Lipinski definition) is 4. The molecule has 0 saturated heterocycles. The summed E-state index contributed by atoms with van der Waals surface area (Å²) in [4.78, 5) is 24.4. The van der Waals surface area contributed by atoms with Crippen molar-refractivity contribution in [2.75, 3.05) is 5.32 Å². The van der Waals surface area contributed by atoms with Crippen LogP contribution in [0.25, 0.3) is 5.69 Å². The number of nitrogens with zero attached hydrogens (tertiary/aromatic N) is 2. The normalized spacial score (nSPS) is 10.6. The van der Waals surface area contributed by atoms with Crippen LogP contribution in [0.15, 0.2) is 71.5 Å². The van der Waals surface area contributed by atoms with Crippen LogP contribution in [0, 0.1) is 0 Å². The van der Waals surface area contributed by atoms with Crippen LogP contribution in [0.4, 0.5) is 14.5 Å². The zero-order valence-electron chi connectivity index (χ0n) is 13.3. The highest BCUT2D eigenvalue weighted by Gasteiger charge is 2.15. The van der Waals surface area contributed by atoms with Gasteiger partial charge in [-0.05, 0) is 30.3 Å². The molecular weight excluding hydrogens is 344 g/mol. The van der Waals surface area contributed by atoms with Gasteiger partial charge in [-0.1, -0.05) is 30.3 Å². The zero-order chi connectivity index (χ0) is 18.5. The Balaban J connectivity index is 1.89. The zero-order valence-corrected chi connectivity index (χ0v) is 13.3. The summed E-state index contributed by atoms with van der Waals surface area (Å²) < 4.78 is 30.4. The van der Waals surface area contributed by atoms with Gasteiger partial charge in [-0.15, -0.1) is 0 Å². The molecule has 0 radical (unpaired) electrons. The van der Waals surface area contributed by atoms with Gasteiger partial charge in [-0.3, -0.25) is 9.59 Å². The van der Waals surface area contributed by atoms with Crippen LogP contribution in [0.2, 0.25) is 0 Å². The van der Waals surface area contributed by atoms with E-state index < -0.39 is 18.1 Å². The van der Waals surface area contributed by atoms with Crippen LogP contribution in [0.5, 0.6) is 5.75 Å². The highest BCUT2D eigenvalue weighted by molar-refractivity contribution is 6.03. The first-order chi connectivity index (χ1) is 12.5. The fourth-order valence-electron chi connectivity index (χ4n) is 2.24. The maximum Gasteiger partial charge on any atom is 0.387 e. The van der Waals surface area contributed by atoms with Gasteiger partial charge in [0, 0.05) is 6.07 Å². The van der Waals surface area contributed by atoms with Crippen LogP contribution in [0.1, 0.15) is 10.5 Å². The van der Waals surface area contributed by atoms with Gasteiger partial charge in [0.05, 0.1) is 11.4 Å². The summed E-state index contributed by atoms with van der Waals surface area (Å²) in [5, 5.41) is 6.49. The summed E-state index contributed by atoms with van der Waals surface area (Å²) in [7, 11) is 0. The molecule has 0 saturated carbocycles. The Bertz CT molecular complexity index is 975. The molecule has 0 spiro atoms. The first-order valence-corrected chi connectivity index (χ1v) is 7.55. The molecule has 8 heteroatoms. The van der Waals surface area contributed by atoms with Crippen molar-refractivity contribution in [2.24, 2.45) is 0 Å². The molecule has 3 aromatic rings. The highest BCUT2D eigenvalue weighted by Crippen LogP contribution is 2.25. The van der Waals surface area contributed by atoms with Crippen LogP contribution in [-0.4, -0.2) is 22.3 Å². The number of aromatic nitrogens is 2. The number of rotatable bonds is 5. The molecular formula is C18H13F2N3O3. The predicted molar refractivity (Wildman–Crippen MR) is 90.9 cm³/mol. The molecule has 132 valence electrons. The quantitative estimate of drug-likeness (QED) is 0.762. The Morgan fingerprint density at radius 2 is 1.69 bits per heavy atom. The second-order valence-corrected chi connectivity index (χ2v) is 5.13. The summed E-state index contributed by atoms with van der Waals surface area (Å²) in [5.74, 6) is -0.841. The second kappa shape index (κ2) is 7.56. The number of amides is 1. The van der Waals surface area contributed by atoms with Gasteiger partial charge in [0.2, 0.25) is 0 Å². The molecule has 0 aliphatic heterocycles. The molecule has 1 amide bonds. The number of benzene rings is 2. The number of carbonyl (C=O) groups is 1. The molecule has 0 bridgehead atoms. The summed E-state index contributed by atoms with van der Waals surface area (Å²) in [6, 6.07) is 16.8. The number of carbonyl (C=O) groups excluding carboxylic acids is 1. The van der Waals surface area contributed by atoms with Crippen LogP contribution in [0.3, 0.4) is 0 Å². The van der Waals surface area contributed by atoms with E-state index in [4.69, 9.17) is 0 Å². The Hall–Kier alpha value is -3.55. The van der Waals surface area contributed by atoms with Crippen molar-refractivity contribution in [3.63, 3.8) is 0 Å². The summed E-state index contributed by atoms with van der Waals surface area (Å²) in [6.45, 7) is -3.02. The van der Waals surface area contributed by atoms with Gasteiger partial charge in [-0.2, -0.15) is 18.6 Å². The number of para-hydroxylation sites is 3.